The number of hydrogen-bond donors (Lipinski definition) is 3. The highest BCUT2D eigenvalue weighted by atomic mass is 35.5. The highest BCUT2D eigenvalue weighted by Gasteiger charge is 2.18. The fourth-order valence-corrected chi connectivity index (χ4v) is 4.84. The lowest BCUT2D eigenvalue weighted by Gasteiger charge is -2.14. The van der Waals surface area contributed by atoms with Crippen LogP contribution >= 0.6 is 23.4 Å². The molecule has 0 spiro atoms. The number of thioether (sulfide) groups is 1. The van der Waals surface area contributed by atoms with Crippen LogP contribution < -0.4 is 16.0 Å². The molecule has 1 unspecified atom stereocenters. The third-order valence-corrected chi connectivity index (χ3v) is 7.46. The lowest BCUT2D eigenvalue weighted by Crippen LogP contribution is -2.30. The molecule has 0 saturated heterocycles. The lowest BCUT2D eigenvalue weighted by molar-refractivity contribution is -0.115. The molecule has 0 aliphatic carbocycles. The zero-order valence-corrected chi connectivity index (χ0v) is 23.9. The molecule has 0 aliphatic heterocycles. The standard InChI is InChI=1S/C32H27ClFN3O3S/c1-20-9-6-7-14-28(20)36-30(38)21(2)41-24-17-15-23(16-18-24)35-32(40)29(19-25-26(33)12-8-13-27(25)34)37-31(39)22-10-4-3-5-11-22/h3-19,21H,1-2H3,(H,35,40)(H,36,38)(H,37,39)/b29-19-. The van der Waals surface area contributed by atoms with Gasteiger partial charge in [0.2, 0.25) is 5.91 Å². The van der Waals surface area contributed by atoms with E-state index in [-0.39, 0.29) is 27.4 Å². The van der Waals surface area contributed by atoms with Crippen LogP contribution in [0.4, 0.5) is 15.8 Å². The maximum atomic E-state index is 14.5. The van der Waals surface area contributed by atoms with E-state index in [0.29, 0.717) is 11.3 Å². The highest BCUT2D eigenvalue weighted by Crippen LogP contribution is 2.27. The molecule has 208 valence electrons. The van der Waals surface area contributed by atoms with Crippen molar-refractivity contribution in [2.45, 2.75) is 24.0 Å². The Hall–Kier alpha value is -4.40. The molecule has 0 heterocycles. The Balaban J connectivity index is 1.47. The van der Waals surface area contributed by atoms with E-state index in [1.165, 1.54) is 36.0 Å². The highest BCUT2D eigenvalue weighted by molar-refractivity contribution is 8.00. The molecule has 3 amide bonds. The van der Waals surface area contributed by atoms with Crippen molar-refractivity contribution >= 4 is 58.5 Å². The molecule has 4 aromatic rings. The Morgan fingerprint density at radius 3 is 2.22 bits per heavy atom. The first-order valence-corrected chi connectivity index (χ1v) is 13.9. The molecule has 3 N–H and O–H groups in total. The predicted molar refractivity (Wildman–Crippen MR) is 163 cm³/mol. The summed E-state index contributed by atoms with van der Waals surface area (Å²) in [5.74, 6) is -1.97. The summed E-state index contributed by atoms with van der Waals surface area (Å²) >= 11 is 7.54. The Bertz CT molecular complexity index is 1570. The van der Waals surface area contributed by atoms with Gasteiger partial charge in [-0.05, 0) is 80.1 Å². The zero-order chi connectivity index (χ0) is 29.4. The van der Waals surface area contributed by atoms with Gasteiger partial charge in [0.25, 0.3) is 11.8 Å². The monoisotopic (exact) mass is 587 g/mol. The summed E-state index contributed by atoms with van der Waals surface area (Å²) < 4.78 is 14.5. The number of anilines is 2. The molecule has 1 atom stereocenters. The van der Waals surface area contributed by atoms with E-state index < -0.39 is 17.6 Å². The molecule has 0 fully saturated rings. The number of hydrogen-bond acceptors (Lipinski definition) is 4. The van der Waals surface area contributed by atoms with Crippen LogP contribution in [-0.4, -0.2) is 23.0 Å². The van der Waals surface area contributed by atoms with Crippen LogP contribution in [0.5, 0.6) is 0 Å². The van der Waals surface area contributed by atoms with Crippen LogP contribution in [0.3, 0.4) is 0 Å². The number of amides is 3. The number of para-hydroxylation sites is 1. The minimum atomic E-state index is -0.667. The van der Waals surface area contributed by atoms with Gasteiger partial charge in [0.15, 0.2) is 0 Å². The quantitative estimate of drug-likeness (QED) is 0.141. The molecule has 0 bridgehead atoms. The fourth-order valence-electron chi connectivity index (χ4n) is 3.76. The van der Waals surface area contributed by atoms with Crippen LogP contribution in [0.1, 0.15) is 28.4 Å². The number of halogens is 2. The van der Waals surface area contributed by atoms with E-state index in [4.69, 9.17) is 11.6 Å². The van der Waals surface area contributed by atoms with Crippen LogP contribution in [0.2, 0.25) is 5.02 Å². The van der Waals surface area contributed by atoms with Crippen molar-refractivity contribution in [3.05, 3.63) is 130 Å². The van der Waals surface area contributed by atoms with Gasteiger partial charge >= 0.3 is 0 Å². The van der Waals surface area contributed by atoms with Gasteiger partial charge in [-0.3, -0.25) is 14.4 Å². The van der Waals surface area contributed by atoms with E-state index in [9.17, 15) is 18.8 Å². The third kappa shape index (κ3) is 8.06. The molecule has 4 aromatic carbocycles. The van der Waals surface area contributed by atoms with Crippen molar-refractivity contribution in [2.75, 3.05) is 10.6 Å². The largest absolute Gasteiger partial charge is 0.325 e. The van der Waals surface area contributed by atoms with Gasteiger partial charge in [0, 0.05) is 27.4 Å². The van der Waals surface area contributed by atoms with Crippen molar-refractivity contribution in [3.8, 4) is 0 Å². The molecule has 0 aliphatic rings. The Morgan fingerprint density at radius 2 is 1.54 bits per heavy atom. The summed E-state index contributed by atoms with van der Waals surface area (Å²) in [7, 11) is 0. The SMILES string of the molecule is Cc1ccccc1NC(=O)C(C)Sc1ccc(NC(=O)/C(=C/c2c(F)cccc2Cl)NC(=O)c2ccccc2)cc1. The maximum Gasteiger partial charge on any atom is 0.272 e. The maximum absolute atomic E-state index is 14.5. The molecular formula is C32H27ClFN3O3S. The summed E-state index contributed by atoms with van der Waals surface area (Å²) in [6.07, 6.45) is 1.20. The van der Waals surface area contributed by atoms with Gasteiger partial charge in [-0.25, -0.2) is 4.39 Å². The smallest absolute Gasteiger partial charge is 0.272 e. The first-order chi connectivity index (χ1) is 19.7. The molecule has 4 rings (SSSR count). The lowest BCUT2D eigenvalue weighted by atomic mass is 10.1. The molecule has 41 heavy (non-hydrogen) atoms. The predicted octanol–water partition coefficient (Wildman–Crippen LogP) is 7.32. The molecule has 9 heteroatoms. The fraction of sp³-hybridized carbons (Fsp3) is 0.0938. The number of aryl methyl sites for hydroxylation is 1. The zero-order valence-electron chi connectivity index (χ0n) is 22.3. The number of benzene rings is 4. The minimum absolute atomic E-state index is 0.0302. The van der Waals surface area contributed by atoms with Crippen LogP contribution in [0.25, 0.3) is 6.08 Å². The second kappa shape index (κ2) is 13.8. The minimum Gasteiger partial charge on any atom is -0.325 e. The van der Waals surface area contributed by atoms with Crippen LogP contribution in [0.15, 0.2) is 108 Å². The van der Waals surface area contributed by atoms with Crippen molar-refractivity contribution in [3.63, 3.8) is 0 Å². The van der Waals surface area contributed by atoms with Gasteiger partial charge < -0.3 is 16.0 Å². The first kappa shape index (κ1) is 29.6. The average molecular weight is 588 g/mol. The Morgan fingerprint density at radius 1 is 0.854 bits per heavy atom. The van der Waals surface area contributed by atoms with Crippen molar-refractivity contribution < 1.29 is 18.8 Å². The molecule has 0 saturated carbocycles. The summed E-state index contributed by atoms with van der Waals surface area (Å²) in [5.41, 5.74) is 2.29. The van der Waals surface area contributed by atoms with E-state index >= 15 is 0 Å². The van der Waals surface area contributed by atoms with Gasteiger partial charge in [-0.1, -0.05) is 54.1 Å². The van der Waals surface area contributed by atoms with Gasteiger partial charge in [0.1, 0.15) is 11.5 Å². The third-order valence-electron chi connectivity index (χ3n) is 6.01. The summed E-state index contributed by atoms with van der Waals surface area (Å²) in [5, 5.41) is 7.95. The van der Waals surface area contributed by atoms with Gasteiger partial charge in [-0.2, -0.15) is 0 Å². The number of nitrogens with one attached hydrogen (secondary N) is 3. The second-order valence-electron chi connectivity index (χ2n) is 9.06. The summed E-state index contributed by atoms with van der Waals surface area (Å²) in [6.45, 7) is 3.74. The molecular weight excluding hydrogens is 561 g/mol. The van der Waals surface area contributed by atoms with E-state index in [1.807, 2.05) is 38.1 Å². The Kier molecular flexibility index (Phi) is 9.95. The average Bonchev–Trinajstić information content (AvgIpc) is 2.97. The topological polar surface area (TPSA) is 87.3 Å². The van der Waals surface area contributed by atoms with E-state index in [0.717, 1.165) is 16.1 Å². The Labute approximate surface area is 247 Å². The van der Waals surface area contributed by atoms with Crippen molar-refractivity contribution in [1.82, 2.24) is 5.32 Å². The second-order valence-corrected chi connectivity index (χ2v) is 10.9. The molecule has 0 aromatic heterocycles. The number of carbonyl (C=O) groups excluding carboxylic acids is 3. The first-order valence-electron chi connectivity index (χ1n) is 12.7. The normalized spacial score (nSPS) is 11.9. The van der Waals surface area contributed by atoms with E-state index in [2.05, 4.69) is 16.0 Å². The summed E-state index contributed by atoms with van der Waals surface area (Å²) in [4.78, 5) is 39.6. The van der Waals surface area contributed by atoms with Gasteiger partial charge in [-0.15, -0.1) is 11.8 Å². The van der Waals surface area contributed by atoms with Crippen LogP contribution in [-0.2, 0) is 9.59 Å². The van der Waals surface area contributed by atoms with Gasteiger partial charge in [0.05, 0.1) is 10.3 Å². The summed E-state index contributed by atoms with van der Waals surface area (Å²) in [6, 6.07) is 27.0. The van der Waals surface area contributed by atoms with Crippen LogP contribution in [0, 0.1) is 12.7 Å². The van der Waals surface area contributed by atoms with Crippen molar-refractivity contribution in [1.29, 1.82) is 0 Å². The number of carbonyl (C=O) groups is 3. The molecule has 0 radical (unpaired) electrons. The van der Waals surface area contributed by atoms with E-state index in [1.54, 1.807) is 54.6 Å². The number of rotatable bonds is 9. The molecule has 6 nitrogen and oxygen atoms in total. The van der Waals surface area contributed by atoms with Crippen molar-refractivity contribution in [2.24, 2.45) is 0 Å².